The van der Waals surface area contributed by atoms with Crippen molar-refractivity contribution in [1.82, 2.24) is 10.2 Å². The number of hydrogen-bond donors (Lipinski definition) is 2. The zero-order valence-electron chi connectivity index (χ0n) is 12.8. The number of carbonyl (C=O) groups excluding carboxylic acids is 2. The second-order valence-corrected chi connectivity index (χ2v) is 5.31. The molecule has 8 heteroatoms. The Morgan fingerprint density at radius 1 is 1.48 bits per heavy atom. The van der Waals surface area contributed by atoms with Crippen molar-refractivity contribution in [1.29, 1.82) is 0 Å². The molecule has 8 nitrogen and oxygen atoms in total. The maximum atomic E-state index is 12.5. The molecule has 2 N–H and O–H groups in total. The first-order chi connectivity index (χ1) is 11.1. The molecule has 0 fully saturated rings. The molecule has 2 aliphatic heterocycles. The van der Waals surface area contributed by atoms with E-state index in [0.717, 1.165) is 5.56 Å². The molecule has 1 aromatic carbocycles. The highest BCUT2D eigenvalue weighted by atomic mass is 16.7. The van der Waals surface area contributed by atoms with Crippen molar-refractivity contribution in [2.75, 3.05) is 40.1 Å². The van der Waals surface area contributed by atoms with E-state index >= 15 is 0 Å². The summed E-state index contributed by atoms with van der Waals surface area (Å²) in [6.45, 7) is 0.386. The van der Waals surface area contributed by atoms with Gasteiger partial charge in [-0.2, -0.15) is 0 Å². The van der Waals surface area contributed by atoms with Crippen LogP contribution >= 0.6 is 0 Å². The van der Waals surface area contributed by atoms with Crippen molar-refractivity contribution in [3.8, 4) is 17.2 Å². The number of hydrogen-bond acceptors (Lipinski definition) is 6. The number of rotatable bonds is 5. The number of aliphatic hydroxyl groups excluding tert-OH is 1. The maximum Gasteiger partial charge on any atom is 0.258 e. The summed E-state index contributed by atoms with van der Waals surface area (Å²) in [5.41, 5.74) is 1.24. The highest BCUT2D eigenvalue weighted by molar-refractivity contribution is 6.01. The third kappa shape index (κ3) is 2.89. The van der Waals surface area contributed by atoms with Gasteiger partial charge < -0.3 is 29.5 Å². The summed E-state index contributed by atoms with van der Waals surface area (Å²) in [6, 6.07) is 1.79. The van der Waals surface area contributed by atoms with E-state index in [-0.39, 0.29) is 44.1 Å². The second kappa shape index (κ2) is 6.33. The summed E-state index contributed by atoms with van der Waals surface area (Å²) in [5.74, 6) is 0.552. The van der Waals surface area contributed by atoms with E-state index in [0.29, 0.717) is 30.0 Å². The third-order valence-corrected chi connectivity index (χ3v) is 3.76. The molecule has 0 bridgehead atoms. The molecule has 0 unspecified atom stereocenters. The molecular formula is C15H18N2O6. The van der Waals surface area contributed by atoms with Crippen LogP contribution in [-0.4, -0.2) is 62.0 Å². The van der Waals surface area contributed by atoms with Crippen LogP contribution in [0.2, 0.25) is 0 Å². The van der Waals surface area contributed by atoms with Crippen molar-refractivity contribution in [2.45, 2.75) is 6.42 Å². The first-order valence-electron chi connectivity index (χ1n) is 7.33. The molecule has 23 heavy (non-hydrogen) atoms. The lowest BCUT2D eigenvalue weighted by molar-refractivity contribution is -0.123. The zero-order chi connectivity index (χ0) is 16.4. The summed E-state index contributed by atoms with van der Waals surface area (Å²) in [6.07, 6.45) is 0.682. The molecule has 0 aliphatic carbocycles. The molecule has 2 aliphatic rings. The van der Waals surface area contributed by atoms with E-state index in [1.54, 1.807) is 18.0 Å². The van der Waals surface area contributed by atoms with E-state index in [4.69, 9.17) is 19.3 Å². The Hall–Kier alpha value is -2.48. The molecule has 3 rings (SSSR count). The van der Waals surface area contributed by atoms with Gasteiger partial charge in [0.05, 0.1) is 12.2 Å². The van der Waals surface area contributed by atoms with Crippen molar-refractivity contribution < 1.29 is 28.9 Å². The van der Waals surface area contributed by atoms with E-state index in [9.17, 15) is 9.59 Å². The summed E-state index contributed by atoms with van der Waals surface area (Å²) >= 11 is 0. The molecule has 0 saturated carbocycles. The van der Waals surface area contributed by atoms with Gasteiger partial charge in [-0.3, -0.25) is 9.59 Å². The lowest BCUT2D eigenvalue weighted by Gasteiger charge is -2.27. The van der Waals surface area contributed by atoms with Gasteiger partial charge in [-0.25, -0.2) is 0 Å². The van der Waals surface area contributed by atoms with Crippen LogP contribution in [0.3, 0.4) is 0 Å². The van der Waals surface area contributed by atoms with Crippen LogP contribution in [-0.2, 0) is 11.2 Å². The number of nitrogens with zero attached hydrogens (tertiary/aromatic N) is 1. The molecule has 2 heterocycles. The minimum Gasteiger partial charge on any atom is -0.479 e. The van der Waals surface area contributed by atoms with Gasteiger partial charge in [-0.05, 0) is 18.1 Å². The van der Waals surface area contributed by atoms with Gasteiger partial charge in [0.1, 0.15) is 0 Å². The lowest BCUT2D eigenvalue weighted by atomic mass is 9.97. The van der Waals surface area contributed by atoms with Crippen LogP contribution in [0, 0.1) is 0 Å². The lowest BCUT2D eigenvalue weighted by Crippen LogP contribution is -2.35. The normalized spacial score (nSPS) is 15.4. The molecule has 124 valence electrons. The van der Waals surface area contributed by atoms with Crippen LogP contribution in [0.4, 0.5) is 0 Å². The van der Waals surface area contributed by atoms with Crippen LogP contribution < -0.4 is 19.5 Å². The summed E-state index contributed by atoms with van der Waals surface area (Å²) in [5, 5.41) is 11.2. The standard InChI is InChI=1S/C15H18N2O6/c1-17-4-2-9-6-10-13(23-8-22-10)14(12(9)15(17)20)21-7-11(19)16-3-5-18/h6,18H,2-5,7-8H2,1H3,(H,16,19). The quantitative estimate of drug-likeness (QED) is 0.761. The Labute approximate surface area is 132 Å². The van der Waals surface area contributed by atoms with Crippen LogP contribution in [0.5, 0.6) is 17.2 Å². The number of likely N-dealkylation sites (N-methyl/N-ethyl adjacent to an activating group) is 1. The molecule has 0 radical (unpaired) electrons. The minimum atomic E-state index is -0.388. The topological polar surface area (TPSA) is 97.3 Å². The van der Waals surface area contributed by atoms with Gasteiger partial charge in [-0.15, -0.1) is 0 Å². The number of nitrogens with one attached hydrogen (secondary N) is 1. The average Bonchev–Trinajstić information content (AvgIpc) is 3.01. The number of ether oxygens (including phenoxy) is 3. The maximum absolute atomic E-state index is 12.5. The fourth-order valence-electron chi connectivity index (χ4n) is 2.60. The smallest absolute Gasteiger partial charge is 0.258 e. The number of aliphatic hydroxyl groups is 1. The van der Waals surface area contributed by atoms with Crippen molar-refractivity contribution in [3.05, 3.63) is 17.2 Å². The number of fused-ring (bicyclic) bond motifs is 2. The molecule has 0 atom stereocenters. The largest absolute Gasteiger partial charge is 0.479 e. The van der Waals surface area contributed by atoms with Gasteiger partial charge in [0.2, 0.25) is 12.5 Å². The van der Waals surface area contributed by atoms with E-state index < -0.39 is 0 Å². The van der Waals surface area contributed by atoms with Gasteiger partial charge in [0, 0.05) is 20.1 Å². The Kier molecular flexibility index (Phi) is 4.24. The van der Waals surface area contributed by atoms with Crippen LogP contribution in [0.1, 0.15) is 15.9 Å². The molecular weight excluding hydrogens is 304 g/mol. The Morgan fingerprint density at radius 3 is 3.09 bits per heavy atom. The van der Waals surface area contributed by atoms with Crippen molar-refractivity contribution in [2.24, 2.45) is 0 Å². The SMILES string of the molecule is CN1CCc2cc3c(c(OCC(=O)NCCO)c2C1=O)OCO3. The Balaban J connectivity index is 1.90. The highest BCUT2D eigenvalue weighted by Crippen LogP contribution is 2.46. The Morgan fingerprint density at radius 2 is 2.30 bits per heavy atom. The van der Waals surface area contributed by atoms with Crippen LogP contribution in [0.15, 0.2) is 6.07 Å². The molecule has 0 spiro atoms. The number of amides is 2. The van der Waals surface area contributed by atoms with Crippen molar-refractivity contribution in [3.63, 3.8) is 0 Å². The van der Waals surface area contributed by atoms with Gasteiger partial charge >= 0.3 is 0 Å². The average molecular weight is 322 g/mol. The molecule has 1 aromatic rings. The number of carbonyl (C=O) groups is 2. The zero-order valence-corrected chi connectivity index (χ0v) is 12.8. The molecule has 2 amide bonds. The number of benzene rings is 1. The molecule has 0 aromatic heterocycles. The predicted molar refractivity (Wildman–Crippen MR) is 78.8 cm³/mol. The minimum absolute atomic E-state index is 0.0509. The fraction of sp³-hybridized carbons (Fsp3) is 0.467. The fourth-order valence-corrected chi connectivity index (χ4v) is 2.60. The van der Waals surface area contributed by atoms with Crippen LogP contribution in [0.25, 0.3) is 0 Å². The second-order valence-electron chi connectivity index (χ2n) is 5.31. The monoisotopic (exact) mass is 322 g/mol. The summed E-state index contributed by atoms with van der Waals surface area (Å²) in [4.78, 5) is 25.7. The highest BCUT2D eigenvalue weighted by Gasteiger charge is 2.33. The first-order valence-corrected chi connectivity index (χ1v) is 7.33. The Bertz CT molecular complexity index is 645. The first kappa shape index (κ1) is 15.4. The van der Waals surface area contributed by atoms with Gasteiger partial charge in [0.15, 0.2) is 18.1 Å². The van der Waals surface area contributed by atoms with Gasteiger partial charge in [-0.1, -0.05) is 0 Å². The molecule has 0 saturated heterocycles. The predicted octanol–water partition coefficient (Wildman–Crippen LogP) is -0.469. The van der Waals surface area contributed by atoms with E-state index in [1.807, 2.05) is 0 Å². The van der Waals surface area contributed by atoms with Gasteiger partial charge in [0.25, 0.3) is 11.8 Å². The van der Waals surface area contributed by atoms with Crippen molar-refractivity contribution >= 4 is 11.8 Å². The van der Waals surface area contributed by atoms with E-state index in [1.165, 1.54) is 0 Å². The third-order valence-electron chi connectivity index (χ3n) is 3.76. The summed E-state index contributed by atoms with van der Waals surface area (Å²) in [7, 11) is 1.72. The summed E-state index contributed by atoms with van der Waals surface area (Å²) < 4.78 is 16.4. The van der Waals surface area contributed by atoms with E-state index in [2.05, 4.69) is 5.32 Å².